The van der Waals surface area contributed by atoms with E-state index in [4.69, 9.17) is 0 Å². The van der Waals surface area contributed by atoms with Crippen molar-refractivity contribution < 1.29 is 4.79 Å². The molecule has 0 atom stereocenters. The lowest BCUT2D eigenvalue weighted by Crippen LogP contribution is -2.34. The Morgan fingerprint density at radius 1 is 1.09 bits per heavy atom. The van der Waals surface area contributed by atoms with Crippen molar-refractivity contribution in [3.8, 4) is 0 Å². The molecule has 2 rings (SSSR count). The molecule has 0 fully saturated rings. The van der Waals surface area contributed by atoms with Crippen molar-refractivity contribution in [3.05, 3.63) is 65.2 Å². The van der Waals surface area contributed by atoms with Crippen LogP contribution in [0.25, 0.3) is 0 Å². The van der Waals surface area contributed by atoms with Gasteiger partial charge < -0.3 is 10.2 Å². The molecule has 0 spiro atoms. The summed E-state index contributed by atoms with van der Waals surface area (Å²) >= 11 is 0. The van der Waals surface area contributed by atoms with Crippen LogP contribution in [0.2, 0.25) is 0 Å². The van der Waals surface area contributed by atoms with Gasteiger partial charge in [-0.25, -0.2) is 4.79 Å². The van der Waals surface area contributed by atoms with Gasteiger partial charge in [-0.3, -0.25) is 0 Å². The fourth-order valence-electron chi connectivity index (χ4n) is 2.66. The highest BCUT2D eigenvalue weighted by atomic mass is 16.2. The third-order valence-corrected chi connectivity index (χ3v) is 4.04. The molecule has 23 heavy (non-hydrogen) atoms. The molecule has 0 unspecified atom stereocenters. The molecular weight excluding hydrogens is 284 g/mol. The van der Waals surface area contributed by atoms with E-state index >= 15 is 0 Å². The zero-order valence-electron chi connectivity index (χ0n) is 14.5. The van der Waals surface area contributed by atoms with E-state index in [1.165, 1.54) is 5.56 Å². The quantitative estimate of drug-likeness (QED) is 0.811. The smallest absolute Gasteiger partial charge is 0.320 e. The lowest BCUT2D eigenvalue weighted by atomic mass is 9.98. The molecule has 1 N–H and O–H groups in total. The van der Waals surface area contributed by atoms with Crippen molar-refractivity contribution in [2.75, 3.05) is 11.9 Å². The normalized spacial score (nSPS) is 10.7. The molecule has 0 aliphatic carbocycles. The highest BCUT2D eigenvalue weighted by Gasteiger charge is 2.16. The molecule has 122 valence electrons. The first-order valence-electron chi connectivity index (χ1n) is 8.22. The SMILES string of the molecule is CCN(Cc1ccccc1)C(=O)Nc1c(C)cccc1C(C)C. The Morgan fingerprint density at radius 2 is 1.78 bits per heavy atom. The summed E-state index contributed by atoms with van der Waals surface area (Å²) < 4.78 is 0. The van der Waals surface area contributed by atoms with Crippen molar-refractivity contribution in [1.29, 1.82) is 0 Å². The summed E-state index contributed by atoms with van der Waals surface area (Å²) in [4.78, 5) is 14.5. The summed E-state index contributed by atoms with van der Waals surface area (Å²) in [7, 11) is 0. The van der Waals surface area contributed by atoms with Gasteiger partial charge in [0.25, 0.3) is 0 Å². The summed E-state index contributed by atoms with van der Waals surface area (Å²) in [6.07, 6.45) is 0. The van der Waals surface area contributed by atoms with Crippen LogP contribution in [0.15, 0.2) is 48.5 Å². The number of hydrogen-bond acceptors (Lipinski definition) is 1. The first kappa shape index (κ1) is 17.1. The van der Waals surface area contributed by atoms with Gasteiger partial charge in [-0.05, 0) is 36.5 Å². The number of aryl methyl sites for hydroxylation is 1. The van der Waals surface area contributed by atoms with Gasteiger partial charge in [0.1, 0.15) is 0 Å². The number of hydrogen-bond donors (Lipinski definition) is 1. The number of rotatable bonds is 5. The number of carbonyl (C=O) groups is 1. The predicted octanol–water partition coefficient (Wildman–Crippen LogP) is 5.17. The molecule has 0 aliphatic rings. The van der Waals surface area contributed by atoms with Crippen LogP contribution < -0.4 is 5.32 Å². The van der Waals surface area contributed by atoms with Gasteiger partial charge in [-0.2, -0.15) is 0 Å². The van der Waals surface area contributed by atoms with E-state index in [9.17, 15) is 4.79 Å². The first-order chi connectivity index (χ1) is 11.0. The van der Waals surface area contributed by atoms with Crippen LogP contribution in [0, 0.1) is 6.92 Å². The second kappa shape index (κ2) is 7.82. The largest absolute Gasteiger partial charge is 0.322 e. The number of amides is 2. The lowest BCUT2D eigenvalue weighted by Gasteiger charge is -2.24. The second-order valence-corrected chi connectivity index (χ2v) is 6.12. The zero-order valence-corrected chi connectivity index (χ0v) is 14.5. The third kappa shape index (κ3) is 4.35. The Hall–Kier alpha value is -2.29. The maximum atomic E-state index is 12.7. The van der Waals surface area contributed by atoms with Crippen molar-refractivity contribution in [2.24, 2.45) is 0 Å². The number of para-hydroxylation sites is 1. The summed E-state index contributed by atoms with van der Waals surface area (Å²) in [5, 5.41) is 3.12. The van der Waals surface area contributed by atoms with Crippen LogP contribution in [0.1, 0.15) is 43.4 Å². The molecule has 2 aromatic rings. The average Bonchev–Trinajstić information content (AvgIpc) is 2.55. The summed E-state index contributed by atoms with van der Waals surface area (Å²) in [5.74, 6) is 0.370. The number of carbonyl (C=O) groups excluding carboxylic acids is 1. The van der Waals surface area contributed by atoms with Gasteiger partial charge in [0, 0.05) is 18.8 Å². The van der Waals surface area contributed by atoms with E-state index in [0.717, 1.165) is 16.8 Å². The molecule has 0 aromatic heterocycles. The minimum Gasteiger partial charge on any atom is -0.320 e. The third-order valence-electron chi connectivity index (χ3n) is 4.04. The van der Waals surface area contributed by atoms with Crippen LogP contribution in [0.3, 0.4) is 0 Å². The number of nitrogens with one attached hydrogen (secondary N) is 1. The lowest BCUT2D eigenvalue weighted by molar-refractivity contribution is 0.212. The minimum atomic E-state index is -0.0486. The molecule has 2 amide bonds. The average molecular weight is 310 g/mol. The van der Waals surface area contributed by atoms with Crippen LogP contribution in [-0.2, 0) is 6.54 Å². The first-order valence-corrected chi connectivity index (χ1v) is 8.22. The fourth-order valence-corrected chi connectivity index (χ4v) is 2.66. The van der Waals surface area contributed by atoms with Gasteiger partial charge in [0.2, 0.25) is 0 Å². The molecule has 0 bridgehead atoms. The van der Waals surface area contributed by atoms with Crippen molar-refractivity contribution in [2.45, 2.75) is 40.2 Å². The van der Waals surface area contributed by atoms with Crippen LogP contribution >= 0.6 is 0 Å². The Balaban J connectivity index is 2.17. The molecule has 3 nitrogen and oxygen atoms in total. The van der Waals surface area contributed by atoms with E-state index in [-0.39, 0.29) is 6.03 Å². The Bertz CT molecular complexity index is 650. The molecule has 0 radical (unpaired) electrons. The van der Waals surface area contributed by atoms with E-state index in [0.29, 0.717) is 19.0 Å². The number of urea groups is 1. The predicted molar refractivity (Wildman–Crippen MR) is 96.8 cm³/mol. The maximum Gasteiger partial charge on any atom is 0.322 e. The highest BCUT2D eigenvalue weighted by molar-refractivity contribution is 5.91. The minimum absolute atomic E-state index is 0.0486. The Kier molecular flexibility index (Phi) is 5.80. The standard InChI is InChI=1S/C20H26N2O/c1-5-22(14-17-11-7-6-8-12-17)20(23)21-19-16(4)10-9-13-18(19)15(2)3/h6-13,15H,5,14H2,1-4H3,(H,21,23). The summed E-state index contributed by atoms with van der Waals surface area (Å²) in [6, 6.07) is 16.2. The fraction of sp³-hybridized carbons (Fsp3) is 0.350. The molecule has 0 saturated heterocycles. The topological polar surface area (TPSA) is 32.3 Å². The molecule has 0 heterocycles. The van der Waals surface area contributed by atoms with Crippen LogP contribution in [-0.4, -0.2) is 17.5 Å². The molecule has 2 aromatic carbocycles. The van der Waals surface area contributed by atoms with Gasteiger partial charge in [-0.15, -0.1) is 0 Å². The van der Waals surface area contributed by atoms with Crippen molar-refractivity contribution in [3.63, 3.8) is 0 Å². The zero-order chi connectivity index (χ0) is 16.8. The second-order valence-electron chi connectivity index (χ2n) is 6.12. The molecule has 0 aliphatic heterocycles. The van der Waals surface area contributed by atoms with Gasteiger partial charge in [0.05, 0.1) is 0 Å². The number of anilines is 1. The van der Waals surface area contributed by atoms with Crippen molar-refractivity contribution in [1.82, 2.24) is 4.90 Å². The Labute approximate surface area is 139 Å². The number of nitrogens with zero attached hydrogens (tertiary/aromatic N) is 1. The van der Waals surface area contributed by atoms with Gasteiger partial charge in [0.15, 0.2) is 0 Å². The maximum absolute atomic E-state index is 12.7. The van der Waals surface area contributed by atoms with E-state index < -0.39 is 0 Å². The van der Waals surface area contributed by atoms with E-state index in [2.05, 4.69) is 25.2 Å². The van der Waals surface area contributed by atoms with Crippen molar-refractivity contribution >= 4 is 11.7 Å². The van der Waals surface area contributed by atoms with Crippen LogP contribution in [0.4, 0.5) is 10.5 Å². The summed E-state index contributed by atoms with van der Waals surface area (Å²) in [5.41, 5.74) is 4.35. The monoisotopic (exact) mass is 310 g/mol. The van der Waals surface area contributed by atoms with E-state index in [1.807, 2.05) is 61.2 Å². The molecular formula is C20H26N2O. The van der Waals surface area contributed by atoms with Gasteiger partial charge >= 0.3 is 6.03 Å². The summed E-state index contributed by atoms with van der Waals surface area (Å²) in [6.45, 7) is 9.62. The molecule has 0 saturated carbocycles. The number of benzene rings is 2. The van der Waals surface area contributed by atoms with E-state index in [1.54, 1.807) is 0 Å². The Morgan fingerprint density at radius 3 is 2.39 bits per heavy atom. The molecule has 3 heteroatoms. The highest BCUT2D eigenvalue weighted by Crippen LogP contribution is 2.27. The van der Waals surface area contributed by atoms with Gasteiger partial charge in [-0.1, -0.05) is 62.4 Å². The van der Waals surface area contributed by atoms with Crippen LogP contribution in [0.5, 0.6) is 0 Å².